The molecule has 1 N–H and O–H groups in total. The molecule has 1 heterocycles. The summed E-state index contributed by atoms with van der Waals surface area (Å²) in [6.07, 6.45) is 3.19. The van der Waals surface area contributed by atoms with Crippen molar-refractivity contribution in [2.45, 2.75) is 0 Å². The van der Waals surface area contributed by atoms with Crippen LogP contribution in [0.2, 0.25) is 0 Å². The van der Waals surface area contributed by atoms with Gasteiger partial charge in [0, 0.05) is 16.0 Å². The molecule has 2 aromatic rings. The molecule has 0 spiro atoms. The van der Waals surface area contributed by atoms with Crippen molar-refractivity contribution in [3.63, 3.8) is 0 Å². The van der Waals surface area contributed by atoms with E-state index in [0.717, 1.165) is 9.26 Å². The summed E-state index contributed by atoms with van der Waals surface area (Å²) in [7, 11) is 0. The number of pyridine rings is 1. The quantitative estimate of drug-likeness (QED) is 0.863. The zero-order valence-electron chi connectivity index (χ0n) is 8.35. The zero-order chi connectivity index (χ0) is 11.4. The smallest absolute Gasteiger partial charge is 0.257 e. The summed E-state index contributed by atoms with van der Waals surface area (Å²) >= 11 is 2.18. The second-order valence-corrected chi connectivity index (χ2v) is 4.34. The summed E-state index contributed by atoms with van der Waals surface area (Å²) in [4.78, 5) is 15.7. The first-order chi connectivity index (χ1) is 7.77. The Morgan fingerprint density at radius 2 is 2.00 bits per heavy atom. The van der Waals surface area contributed by atoms with Gasteiger partial charge in [-0.3, -0.25) is 9.78 Å². The second-order valence-electron chi connectivity index (χ2n) is 3.18. The fourth-order valence-corrected chi connectivity index (χ4v) is 1.78. The van der Waals surface area contributed by atoms with E-state index in [9.17, 15) is 4.79 Å². The summed E-state index contributed by atoms with van der Waals surface area (Å²) in [5.74, 6) is -0.141. The first kappa shape index (κ1) is 11.1. The van der Waals surface area contributed by atoms with Gasteiger partial charge in [0.2, 0.25) is 0 Å². The first-order valence-corrected chi connectivity index (χ1v) is 5.81. The highest BCUT2D eigenvalue weighted by Gasteiger charge is 2.06. The maximum absolute atomic E-state index is 11.8. The minimum atomic E-state index is -0.141. The summed E-state index contributed by atoms with van der Waals surface area (Å²) in [5, 5.41) is 2.84. The number of carbonyl (C=O) groups excluding carboxylic acids is 1. The standard InChI is InChI=1S/C12H9IN2O/c13-10-5-1-2-6-11(10)15-12(16)9-4-3-7-14-8-9/h1-8H,(H,15,16). The lowest BCUT2D eigenvalue weighted by Gasteiger charge is -2.06. The Hall–Kier alpha value is -1.43. The van der Waals surface area contributed by atoms with Crippen molar-refractivity contribution in [3.05, 3.63) is 57.9 Å². The van der Waals surface area contributed by atoms with Crippen LogP contribution in [0.25, 0.3) is 0 Å². The number of nitrogens with one attached hydrogen (secondary N) is 1. The van der Waals surface area contributed by atoms with Crippen LogP contribution in [0.3, 0.4) is 0 Å². The molecule has 0 saturated carbocycles. The van der Waals surface area contributed by atoms with E-state index in [1.54, 1.807) is 24.5 Å². The number of aromatic nitrogens is 1. The molecule has 1 aromatic carbocycles. The minimum Gasteiger partial charge on any atom is -0.321 e. The van der Waals surface area contributed by atoms with Crippen molar-refractivity contribution in [2.24, 2.45) is 0 Å². The Morgan fingerprint density at radius 1 is 1.19 bits per heavy atom. The van der Waals surface area contributed by atoms with E-state index in [-0.39, 0.29) is 5.91 Å². The third-order valence-electron chi connectivity index (χ3n) is 2.05. The van der Waals surface area contributed by atoms with Crippen LogP contribution in [-0.2, 0) is 0 Å². The molecule has 0 fully saturated rings. The molecule has 0 atom stereocenters. The van der Waals surface area contributed by atoms with Crippen LogP contribution in [0, 0.1) is 3.57 Å². The van der Waals surface area contributed by atoms with Gasteiger partial charge in [0.1, 0.15) is 0 Å². The van der Waals surface area contributed by atoms with E-state index in [2.05, 4.69) is 32.9 Å². The van der Waals surface area contributed by atoms with Crippen molar-refractivity contribution in [1.29, 1.82) is 0 Å². The third-order valence-corrected chi connectivity index (χ3v) is 2.99. The maximum atomic E-state index is 11.8. The molecule has 1 amide bonds. The molecule has 4 heteroatoms. The minimum absolute atomic E-state index is 0.141. The molecule has 0 aliphatic rings. The Bertz CT molecular complexity index is 499. The van der Waals surface area contributed by atoms with E-state index >= 15 is 0 Å². The molecule has 1 aromatic heterocycles. The number of hydrogen-bond acceptors (Lipinski definition) is 2. The molecular weight excluding hydrogens is 315 g/mol. The highest BCUT2D eigenvalue weighted by molar-refractivity contribution is 14.1. The van der Waals surface area contributed by atoms with Gasteiger partial charge in [-0.2, -0.15) is 0 Å². The average Bonchev–Trinajstić information content (AvgIpc) is 2.33. The van der Waals surface area contributed by atoms with Gasteiger partial charge in [0.25, 0.3) is 5.91 Å². The Kier molecular flexibility index (Phi) is 3.51. The number of para-hydroxylation sites is 1. The molecule has 0 aliphatic heterocycles. The molecule has 2 rings (SSSR count). The van der Waals surface area contributed by atoms with Crippen molar-refractivity contribution in [3.8, 4) is 0 Å². The highest BCUT2D eigenvalue weighted by Crippen LogP contribution is 2.17. The molecule has 16 heavy (non-hydrogen) atoms. The first-order valence-electron chi connectivity index (χ1n) is 4.73. The molecule has 0 bridgehead atoms. The van der Waals surface area contributed by atoms with Crippen molar-refractivity contribution in [2.75, 3.05) is 5.32 Å². The van der Waals surface area contributed by atoms with Crippen molar-refractivity contribution in [1.82, 2.24) is 4.98 Å². The SMILES string of the molecule is O=C(Nc1ccccc1I)c1cccnc1. The van der Waals surface area contributed by atoms with Gasteiger partial charge in [-0.15, -0.1) is 0 Å². The molecule has 0 radical (unpaired) electrons. The predicted molar refractivity (Wildman–Crippen MR) is 71.3 cm³/mol. The van der Waals surface area contributed by atoms with Crippen molar-refractivity contribution < 1.29 is 4.79 Å². The molecule has 0 unspecified atom stereocenters. The monoisotopic (exact) mass is 324 g/mol. The number of nitrogens with zero attached hydrogens (tertiary/aromatic N) is 1. The Labute approximate surface area is 107 Å². The summed E-state index contributed by atoms with van der Waals surface area (Å²) in [6.45, 7) is 0. The van der Waals surface area contributed by atoms with Crippen LogP contribution in [0.15, 0.2) is 48.8 Å². The molecule has 3 nitrogen and oxygen atoms in total. The number of hydrogen-bond donors (Lipinski definition) is 1. The number of rotatable bonds is 2. The van der Waals surface area contributed by atoms with Gasteiger partial charge in [0.05, 0.1) is 11.3 Å². The molecule has 0 saturated heterocycles. The number of benzene rings is 1. The molecule has 80 valence electrons. The van der Waals surface area contributed by atoms with Gasteiger partial charge in [-0.25, -0.2) is 0 Å². The highest BCUT2D eigenvalue weighted by atomic mass is 127. The topological polar surface area (TPSA) is 42.0 Å². The Balaban J connectivity index is 2.18. The van der Waals surface area contributed by atoms with Crippen LogP contribution in [-0.4, -0.2) is 10.9 Å². The van der Waals surface area contributed by atoms with Gasteiger partial charge < -0.3 is 5.32 Å². The van der Waals surface area contributed by atoms with Crippen LogP contribution >= 0.6 is 22.6 Å². The number of halogens is 1. The normalized spacial score (nSPS) is 9.81. The second kappa shape index (κ2) is 5.07. The number of amides is 1. The van der Waals surface area contributed by atoms with E-state index in [1.807, 2.05) is 24.3 Å². The maximum Gasteiger partial charge on any atom is 0.257 e. The largest absolute Gasteiger partial charge is 0.321 e. The van der Waals surface area contributed by atoms with Gasteiger partial charge in [-0.05, 0) is 46.9 Å². The van der Waals surface area contributed by atoms with E-state index in [1.165, 1.54) is 0 Å². The fourth-order valence-electron chi connectivity index (χ4n) is 1.25. The lowest BCUT2D eigenvalue weighted by molar-refractivity contribution is 0.102. The van der Waals surface area contributed by atoms with Gasteiger partial charge in [0.15, 0.2) is 0 Å². The van der Waals surface area contributed by atoms with Crippen LogP contribution in [0.1, 0.15) is 10.4 Å². The third kappa shape index (κ3) is 2.57. The Morgan fingerprint density at radius 3 is 2.69 bits per heavy atom. The van der Waals surface area contributed by atoms with E-state index < -0.39 is 0 Å². The average molecular weight is 324 g/mol. The lowest BCUT2D eigenvalue weighted by atomic mass is 10.2. The van der Waals surface area contributed by atoms with Crippen LogP contribution in [0.4, 0.5) is 5.69 Å². The summed E-state index contributed by atoms with van der Waals surface area (Å²) < 4.78 is 1.01. The van der Waals surface area contributed by atoms with Gasteiger partial charge >= 0.3 is 0 Å². The molecule has 0 aliphatic carbocycles. The van der Waals surface area contributed by atoms with Gasteiger partial charge in [-0.1, -0.05) is 12.1 Å². The van der Waals surface area contributed by atoms with E-state index in [0.29, 0.717) is 5.56 Å². The lowest BCUT2D eigenvalue weighted by Crippen LogP contribution is -2.12. The number of carbonyl (C=O) groups is 1. The van der Waals surface area contributed by atoms with Crippen molar-refractivity contribution >= 4 is 34.2 Å². The summed E-state index contributed by atoms with van der Waals surface area (Å²) in [6, 6.07) is 11.1. The number of anilines is 1. The fraction of sp³-hybridized carbons (Fsp3) is 0. The van der Waals surface area contributed by atoms with E-state index in [4.69, 9.17) is 0 Å². The molecular formula is C12H9IN2O. The van der Waals surface area contributed by atoms with Crippen LogP contribution in [0.5, 0.6) is 0 Å². The van der Waals surface area contributed by atoms with Crippen LogP contribution < -0.4 is 5.32 Å². The predicted octanol–water partition coefficient (Wildman–Crippen LogP) is 2.94. The zero-order valence-corrected chi connectivity index (χ0v) is 10.5. The summed E-state index contributed by atoms with van der Waals surface area (Å²) in [5.41, 5.74) is 1.37.